The van der Waals surface area contributed by atoms with E-state index in [9.17, 15) is 9.59 Å². The Bertz CT molecular complexity index is 1130. The maximum Gasteiger partial charge on any atom is 0.264 e. The van der Waals surface area contributed by atoms with E-state index in [4.69, 9.17) is 4.74 Å². The van der Waals surface area contributed by atoms with E-state index in [2.05, 4.69) is 36.2 Å². The summed E-state index contributed by atoms with van der Waals surface area (Å²) in [4.78, 5) is 40.1. The minimum atomic E-state index is -0.360. The first-order valence-electron chi connectivity index (χ1n) is 9.12. The van der Waals surface area contributed by atoms with Gasteiger partial charge in [-0.15, -0.1) is 0 Å². The molecule has 0 spiro atoms. The Morgan fingerprint density at radius 1 is 1.28 bits per heavy atom. The van der Waals surface area contributed by atoms with Crippen LogP contribution in [0.4, 0.5) is 11.6 Å². The molecule has 4 rings (SSSR count). The van der Waals surface area contributed by atoms with E-state index in [0.717, 1.165) is 10.0 Å². The average Bonchev–Trinajstić information content (AvgIpc) is 2.72. The van der Waals surface area contributed by atoms with Crippen molar-refractivity contribution in [3.63, 3.8) is 0 Å². The van der Waals surface area contributed by atoms with E-state index < -0.39 is 0 Å². The number of aromatic nitrogens is 4. The van der Waals surface area contributed by atoms with Crippen molar-refractivity contribution in [3.8, 4) is 0 Å². The Hall–Kier alpha value is -2.85. The molecule has 1 fully saturated rings. The van der Waals surface area contributed by atoms with Crippen molar-refractivity contribution in [1.29, 1.82) is 0 Å². The lowest BCUT2D eigenvalue weighted by atomic mass is 10.2. The van der Waals surface area contributed by atoms with Crippen molar-refractivity contribution in [1.82, 2.24) is 19.5 Å². The second-order valence-corrected chi connectivity index (χ2v) is 7.57. The van der Waals surface area contributed by atoms with Crippen LogP contribution in [-0.4, -0.2) is 51.7 Å². The largest absolute Gasteiger partial charge is 0.378 e. The molecule has 10 heteroatoms. The molecular formula is C19H19BrN6O3. The summed E-state index contributed by atoms with van der Waals surface area (Å²) in [5.74, 6) is 0.191. The van der Waals surface area contributed by atoms with Gasteiger partial charge in [0.1, 0.15) is 18.3 Å². The number of carbonyl (C=O) groups excluding carboxylic acids is 1. The molecule has 3 heterocycles. The number of nitrogens with one attached hydrogen (secondary N) is 1. The van der Waals surface area contributed by atoms with Crippen LogP contribution in [0.15, 0.2) is 40.0 Å². The van der Waals surface area contributed by atoms with Crippen molar-refractivity contribution < 1.29 is 9.53 Å². The van der Waals surface area contributed by atoms with Gasteiger partial charge in [-0.1, -0.05) is 6.07 Å². The number of fused-ring (bicyclic) bond motifs is 1. The van der Waals surface area contributed by atoms with Gasteiger partial charge in [0.25, 0.3) is 5.56 Å². The molecule has 2 aromatic heterocycles. The van der Waals surface area contributed by atoms with Gasteiger partial charge in [-0.3, -0.25) is 14.2 Å². The molecule has 9 nitrogen and oxygen atoms in total. The Kier molecular flexibility index (Phi) is 5.54. The van der Waals surface area contributed by atoms with Gasteiger partial charge in [-0.05, 0) is 40.5 Å². The highest BCUT2D eigenvalue weighted by Crippen LogP contribution is 2.23. The van der Waals surface area contributed by atoms with Crippen LogP contribution in [0.1, 0.15) is 5.56 Å². The van der Waals surface area contributed by atoms with Gasteiger partial charge in [-0.25, -0.2) is 9.97 Å². The number of nitrogens with zero attached hydrogens (tertiary/aromatic N) is 5. The van der Waals surface area contributed by atoms with Gasteiger partial charge in [-0.2, -0.15) is 4.98 Å². The molecule has 1 aromatic carbocycles. The van der Waals surface area contributed by atoms with Crippen molar-refractivity contribution >= 4 is 44.5 Å². The van der Waals surface area contributed by atoms with E-state index in [1.165, 1.54) is 17.1 Å². The van der Waals surface area contributed by atoms with Crippen molar-refractivity contribution in [2.75, 3.05) is 36.5 Å². The van der Waals surface area contributed by atoms with Gasteiger partial charge in [0, 0.05) is 23.8 Å². The first kappa shape index (κ1) is 19.5. The number of carbonyl (C=O) groups is 1. The summed E-state index contributed by atoms with van der Waals surface area (Å²) >= 11 is 3.42. The molecule has 1 saturated heterocycles. The predicted molar refractivity (Wildman–Crippen MR) is 112 cm³/mol. The van der Waals surface area contributed by atoms with Crippen molar-refractivity contribution in [2.45, 2.75) is 13.5 Å². The highest BCUT2D eigenvalue weighted by atomic mass is 79.9. The SMILES string of the molecule is Cc1ccc(NC(=O)Cn2cnc3nc(N4CCOCC4)ncc3c2=O)c(Br)c1. The van der Waals surface area contributed by atoms with Gasteiger partial charge in [0.15, 0.2) is 5.65 Å². The van der Waals surface area contributed by atoms with Crippen molar-refractivity contribution in [2.24, 2.45) is 0 Å². The van der Waals surface area contributed by atoms with Crippen LogP contribution in [-0.2, 0) is 16.1 Å². The summed E-state index contributed by atoms with van der Waals surface area (Å²) in [7, 11) is 0. The minimum absolute atomic E-state index is 0.159. The zero-order chi connectivity index (χ0) is 20.4. The maximum atomic E-state index is 12.7. The molecule has 0 aliphatic carbocycles. The summed E-state index contributed by atoms with van der Waals surface area (Å²) in [6, 6.07) is 5.61. The summed E-state index contributed by atoms with van der Waals surface area (Å²) in [6.07, 6.45) is 2.80. The topological polar surface area (TPSA) is 102 Å². The summed E-state index contributed by atoms with van der Waals surface area (Å²) in [5.41, 5.74) is 1.66. The van der Waals surface area contributed by atoms with Crippen LogP contribution in [0.3, 0.4) is 0 Å². The van der Waals surface area contributed by atoms with E-state index in [-0.39, 0.29) is 23.4 Å². The van der Waals surface area contributed by atoms with E-state index in [1.807, 2.05) is 24.0 Å². The van der Waals surface area contributed by atoms with E-state index >= 15 is 0 Å². The molecule has 0 atom stereocenters. The number of hydrogen-bond acceptors (Lipinski definition) is 7. The Morgan fingerprint density at radius 3 is 2.83 bits per heavy atom. The third-order valence-electron chi connectivity index (χ3n) is 4.57. The number of ether oxygens (including phenoxy) is 1. The quantitative estimate of drug-likeness (QED) is 0.634. The van der Waals surface area contributed by atoms with Crippen molar-refractivity contribution in [3.05, 3.63) is 51.1 Å². The molecule has 0 unspecified atom stereocenters. The fourth-order valence-corrected chi connectivity index (χ4v) is 3.63. The van der Waals surface area contributed by atoms with Gasteiger partial charge in [0.2, 0.25) is 11.9 Å². The van der Waals surface area contributed by atoms with Crippen LogP contribution >= 0.6 is 15.9 Å². The zero-order valence-corrected chi connectivity index (χ0v) is 17.3. The zero-order valence-electron chi connectivity index (χ0n) is 15.8. The second-order valence-electron chi connectivity index (χ2n) is 6.72. The summed E-state index contributed by atoms with van der Waals surface area (Å²) in [5, 5.41) is 3.06. The smallest absolute Gasteiger partial charge is 0.264 e. The molecular weight excluding hydrogens is 440 g/mol. The normalized spacial score (nSPS) is 14.2. The number of amides is 1. The maximum absolute atomic E-state index is 12.7. The fraction of sp³-hybridized carbons (Fsp3) is 0.316. The lowest BCUT2D eigenvalue weighted by molar-refractivity contribution is -0.116. The molecule has 3 aromatic rings. The van der Waals surface area contributed by atoms with Gasteiger partial charge in [0.05, 0.1) is 18.9 Å². The lowest BCUT2D eigenvalue weighted by Gasteiger charge is -2.26. The summed E-state index contributed by atoms with van der Waals surface area (Å²) < 4.78 is 7.35. The fourth-order valence-electron chi connectivity index (χ4n) is 3.04. The molecule has 150 valence electrons. The minimum Gasteiger partial charge on any atom is -0.378 e. The second kappa shape index (κ2) is 8.26. The molecule has 0 saturated carbocycles. The lowest BCUT2D eigenvalue weighted by Crippen LogP contribution is -2.37. The number of morpholine rings is 1. The number of rotatable bonds is 4. The first-order chi connectivity index (χ1) is 14.0. The molecule has 0 radical (unpaired) electrons. The predicted octanol–water partition coefficient (Wildman–Crippen LogP) is 1.73. The molecule has 1 aliphatic heterocycles. The number of hydrogen-bond donors (Lipinski definition) is 1. The monoisotopic (exact) mass is 458 g/mol. The number of halogens is 1. The average molecular weight is 459 g/mol. The Morgan fingerprint density at radius 2 is 2.07 bits per heavy atom. The van der Waals surface area contributed by atoms with Crippen LogP contribution < -0.4 is 15.8 Å². The standard InChI is InChI=1S/C19H19BrN6O3/c1-12-2-3-15(14(20)8-12)23-16(27)10-26-11-22-17-13(18(26)28)9-21-19(24-17)25-4-6-29-7-5-25/h2-3,8-9,11H,4-7,10H2,1H3,(H,23,27). The third kappa shape index (κ3) is 4.28. The van der Waals surface area contributed by atoms with Crippen LogP contribution in [0.2, 0.25) is 0 Å². The highest BCUT2D eigenvalue weighted by molar-refractivity contribution is 9.10. The third-order valence-corrected chi connectivity index (χ3v) is 5.23. The van der Waals surface area contributed by atoms with E-state index in [0.29, 0.717) is 43.6 Å². The molecule has 1 amide bonds. The number of aryl methyl sites for hydroxylation is 1. The van der Waals surface area contributed by atoms with Crippen LogP contribution in [0, 0.1) is 6.92 Å². The molecule has 1 aliphatic rings. The Labute approximate surface area is 174 Å². The molecule has 0 bridgehead atoms. The van der Waals surface area contributed by atoms with Gasteiger partial charge >= 0.3 is 0 Å². The number of benzene rings is 1. The Balaban J connectivity index is 1.54. The van der Waals surface area contributed by atoms with E-state index in [1.54, 1.807) is 6.07 Å². The van der Waals surface area contributed by atoms with Crippen LogP contribution in [0.25, 0.3) is 11.0 Å². The van der Waals surface area contributed by atoms with Crippen LogP contribution in [0.5, 0.6) is 0 Å². The van der Waals surface area contributed by atoms with Gasteiger partial charge < -0.3 is 15.0 Å². The summed E-state index contributed by atoms with van der Waals surface area (Å²) in [6.45, 7) is 4.41. The molecule has 1 N–H and O–H groups in total. The molecule has 29 heavy (non-hydrogen) atoms. The highest BCUT2D eigenvalue weighted by Gasteiger charge is 2.16. The number of anilines is 2. The first-order valence-corrected chi connectivity index (χ1v) is 9.91.